The minimum absolute atomic E-state index is 0.146. The van der Waals surface area contributed by atoms with Crippen molar-refractivity contribution in [2.24, 2.45) is 0 Å². The lowest BCUT2D eigenvalue weighted by molar-refractivity contribution is 0.0954. The highest BCUT2D eigenvalue weighted by molar-refractivity contribution is 7.80. The monoisotopic (exact) mass is 275 g/mol. The normalized spacial score (nSPS) is 10.2. The van der Waals surface area contributed by atoms with E-state index in [0.29, 0.717) is 18.5 Å². The summed E-state index contributed by atoms with van der Waals surface area (Å²) in [5.74, 6) is -0.404. The highest BCUT2D eigenvalue weighted by atomic mass is 32.1. The third kappa shape index (κ3) is 4.10. The Morgan fingerprint density at radius 3 is 2.68 bits per heavy atom. The minimum Gasteiger partial charge on any atom is -0.352 e. The first kappa shape index (κ1) is 13.6. The van der Waals surface area contributed by atoms with Crippen molar-refractivity contribution in [3.05, 3.63) is 65.5 Å². The fraction of sp³-hybridized carbons (Fsp3) is 0.133. The number of thiol groups is 1. The van der Waals surface area contributed by atoms with Crippen LogP contribution in [-0.2, 0) is 6.42 Å². The van der Waals surface area contributed by atoms with Gasteiger partial charge in [0.2, 0.25) is 0 Å². The van der Waals surface area contributed by atoms with E-state index in [1.54, 1.807) is 24.3 Å². The number of halogens is 1. The Morgan fingerprint density at radius 2 is 1.95 bits per heavy atom. The number of benzene rings is 2. The van der Waals surface area contributed by atoms with E-state index in [2.05, 4.69) is 17.9 Å². The first-order valence-electron chi connectivity index (χ1n) is 5.97. The maximum atomic E-state index is 13.0. The Kier molecular flexibility index (Phi) is 4.58. The number of nitrogens with one attached hydrogen (secondary N) is 1. The maximum Gasteiger partial charge on any atom is 0.251 e. The molecule has 2 aromatic carbocycles. The van der Waals surface area contributed by atoms with E-state index in [1.165, 1.54) is 12.1 Å². The van der Waals surface area contributed by atoms with Crippen LogP contribution in [0, 0.1) is 5.82 Å². The standard InChI is InChI=1S/C15H14FNOS/c16-13-5-1-3-11(9-13)7-8-17-15(18)12-4-2-6-14(19)10-12/h1-6,9-10,19H,7-8H2,(H,17,18). The summed E-state index contributed by atoms with van der Waals surface area (Å²) in [7, 11) is 0. The molecule has 98 valence electrons. The molecule has 0 radical (unpaired) electrons. The summed E-state index contributed by atoms with van der Waals surface area (Å²) in [6, 6.07) is 13.4. The quantitative estimate of drug-likeness (QED) is 0.825. The lowest BCUT2D eigenvalue weighted by Gasteiger charge is -2.06. The molecule has 0 fully saturated rings. The molecule has 0 atom stereocenters. The van der Waals surface area contributed by atoms with Crippen LogP contribution in [-0.4, -0.2) is 12.5 Å². The molecular formula is C15H14FNOS. The summed E-state index contributed by atoms with van der Waals surface area (Å²) < 4.78 is 13.0. The van der Waals surface area contributed by atoms with Crippen LogP contribution < -0.4 is 5.32 Å². The van der Waals surface area contributed by atoms with Crippen molar-refractivity contribution < 1.29 is 9.18 Å². The zero-order chi connectivity index (χ0) is 13.7. The van der Waals surface area contributed by atoms with Gasteiger partial charge in [-0.1, -0.05) is 18.2 Å². The highest BCUT2D eigenvalue weighted by Gasteiger charge is 2.04. The van der Waals surface area contributed by atoms with Gasteiger partial charge in [0.25, 0.3) is 5.91 Å². The molecule has 1 amide bonds. The van der Waals surface area contributed by atoms with Crippen molar-refractivity contribution in [2.45, 2.75) is 11.3 Å². The Morgan fingerprint density at radius 1 is 1.16 bits per heavy atom. The molecule has 4 heteroatoms. The molecular weight excluding hydrogens is 261 g/mol. The van der Waals surface area contributed by atoms with E-state index >= 15 is 0 Å². The number of rotatable bonds is 4. The van der Waals surface area contributed by atoms with Crippen LogP contribution in [0.25, 0.3) is 0 Å². The van der Waals surface area contributed by atoms with E-state index in [0.717, 1.165) is 10.5 Å². The molecule has 2 aromatic rings. The number of hydrogen-bond donors (Lipinski definition) is 2. The van der Waals surface area contributed by atoms with Gasteiger partial charge in [0.15, 0.2) is 0 Å². The minimum atomic E-state index is -0.258. The second-order valence-corrected chi connectivity index (χ2v) is 4.70. The molecule has 0 aliphatic carbocycles. The van der Waals surface area contributed by atoms with Gasteiger partial charge in [-0.05, 0) is 42.3 Å². The number of amides is 1. The molecule has 0 saturated carbocycles. The third-order valence-electron chi connectivity index (χ3n) is 2.70. The van der Waals surface area contributed by atoms with Gasteiger partial charge in [0.05, 0.1) is 0 Å². The van der Waals surface area contributed by atoms with Crippen LogP contribution >= 0.6 is 12.6 Å². The summed E-state index contributed by atoms with van der Waals surface area (Å²) in [4.78, 5) is 12.6. The Labute approximate surface area is 117 Å². The number of hydrogen-bond acceptors (Lipinski definition) is 2. The summed E-state index contributed by atoms with van der Waals surface area (Å²) in [6.07, 6.45) is 0.601. The lowest BCUT2D eigenvalue weighted by atomic mass is 10.1. The predicted molar refractivity (Wildman–Crippen MR) is 76.1 cm³/mol. The van der Waals surface area contributed by atoms with Crippen LogP contribution in [0.5, 0.6) is 0 Å². The topological polar surface area (TPSA) is 29.1 Å². The van der Waals surface area contributed by atoms with Crippen LogP contribution in [0.2, 0.25) is 0 Å². The number of carbonyl (C=O) groups excluding carboxylic acids is 1. The average Bonchev–Trinajstić information content (AvgIpc) is 2.38. The van der Waals surface area contributed by atoms with Crippen molar-refractivity contribution in [3.8, 4) is 0 Å². The largest absolute Gasteiger partial charge is 0.352 e. The molecule has 0 unspecified atom stereocenters. The van der Waals surface area contributed by atoms with Crippen molar-refractivity contribution >= 4 is 18.5 Å². The van der Waals surface area contributed by atoms with Crippen LogP contribution in [0.1, 0.15) is 15.9 Å². The fourth-order valence-electron chi connectivity index (χ4n) is 1.76. The second kappa shape index (κ2) is 6.38. The first-order chi connectivity index (χ1) is 9.15. The van der Waals surface area contributed by atoms with Crippen LogP contribution in [0.3, 0.4) is 0 Å². The van der Waals surface area contributed by atoms with E-state index in [-0.39, 0.29) is 11.7 Å². The van der Waals surface area contributed by atoms with Gasteiger partial charge >= 0.3 is 0 Å². The summed E-state index contributed by atoms with van der Waals surface area (Å²) in [5, 5.41) is 2.80. The molecule has 2 nitrogen and oxygen atoms in total. The molecule has 0 saturated heterocycles. The van der Waals surface area contributed by atoms with Crippen molar-refractivity contribution in [2.75, 3.05) is 6.54 Å². The van der Waals surface area contributed by atoms with E-state index in [9.17, 15) is 9.18 Å². The van der Waals surface area contributed by atoms with Crippen molar-refractivity contribution in [1.29, 1.82) is 0 Å². The van der Waals surface area contributed by atoms with Gasteiger partial charge in [0.1, 0.15) is 5.82 Å². The fourth-order valence-corrected chi connectivity index (χ4v) is 1.99. The predicted octanol–water partition coefficient (Wildman–Crippen LogP) is 3.09. The molecule has 1 N–H and O–H groups in total. The number of carbonyl (C=O) groups is 1. The van der Waals surface area contributed by atoms with Gasteiger partial charge < -0.3 is 5.32 Å². The van der Waals surface area contributed by atoms with Crippen molar-refractivity contribution in [3.63, 3.8) is 0 Å². The van der Waals surface area contributed by atoms with Gasteiger partial charge in [0, 0.05) is 17.0 Å². The summed E-state index contributed by atoms with van der Waals surface area (Å²) >= 11 is 4.19. The van der Waals surface area contributed by atoms with E-state index < -0.39 is 0 Å². The molecule has 0 heterocycles. The van der Waals surface area contributed by atoms with Crippen molar-refractivity contribution in [1.82, 2.24) is 5.32 Å². The first-order valence-corrected chi connectivity index (χ1v) is 6.41. The average molecular weight is 275 g/mol. The van der Waals surface area contributed by atoms with E-state index in [4.69, 9.17) is 0 Å². The zero-order valence-electron chi connectivity index (χ0n) is 10.3. The SMILES string of the molecule is O=C(NCCc1cccc(F)c1)c1cccc(S)c1. The van der Waals surface area contributed by atoms with Gasteiger partial charge in [-0.15, -0.1) is 12.6 Å². The molecule has 19 heavy (non-hydrogen) atoms. The lowest BCUT2D eigenvalue weighted by Crippen LogP contribution is -2.25. The molecule has 0 spiro atoms. The summed E-state index contributed by atoms with van der Waals surface area (Å²) in [6.45, 7) is 0.471. The molecule has 0 bridgehead atoms. The van der Waals surface area contributed by atoms with E-state index in [1.807, 2.05) is 12.1 Å². The molecule has 0 aromatic heterocycles. The Hall–Kier alpha value is -1.81. The Bertz CT molecular complexity index is 586. The second-order valence-electron chi connectivity index (χ2n) is 4.19. The van der Waals surface area contributed by atoms with Crippen LogP contribution in [0.4, 0.5) is 4.39 Å². The van der Waals surface area contributed by atoms with Gasteiger partial charge in [-0.3, -0.25) is 4.79 Å². The third-order valence-corrected chi connectivity index (χ3v) is 2.97. The maximum absolute atomic E-state index is 13.0. The summed E-state index contributed by atoms with van der Waals surface area (Å²) in [5.41, 5.74) is 1.44. The molecule has 0 aliphatic heterocycles. The Balaban J connectivity index is 1.87. The van der Waals surface area contributed by atoms with Gasteiger partial charge in [-0.25, -0.2) is 4.39 Å². The zero-order valence-corrected chi connectivity index (χ0v) is 11.2. The highest BCUT2D eigenvalue weighted by Crippen LogP contribution is 2.09. The van der Waals surface area contributed by atoms with Gasteiger partial charge in [-0.2, -0.15) is 0 Å². The molecule has 0 aliphatic rings. The van der Waals surface area contributed by atoms with Crippen LogP contribution in [0.15, 0.2) is 53.4 Å². The molecule has 2 rings (SSSR count). The smallest absolute Gasteiger partial charge is 0.251 e.